The largest absolute Gasteiger partial charge is 0.489 e. The van der Waals surface area contributed by atoms with Crippen molar-refractivity contribution in [3.63, 3.8) is 0 Å². The molecule has 0 aliphatic rings. The lowest BCUT2D eigenvalue weighted by Crippen LogP contribution is -2.07. The molecule has 0 atom stereocenters. The molecular weight excluding hydrogens is 264 g/mol. The van der Waals surface area contributed by atoms with E-state index >= 15 is 0 Å². The van der Waals surface area contributed by atoms with E-state index in [2.05, 4.69) is 9.97 Å². The lowest BCUT2D eigenvalue weighted by Gasteiger charge is -2.13. The van der Waals surface area contributed by atoms with Gasteiger partial charge in [0.25, 0.3) is 0 Å². The highest BCUT2D eigenvalue weighted by atomic mass is 16.5. The van der Waals surface area contributed by atoms with Crippen LogP contribution in [0.25, 0.3) is 22.6 Å². The van der Waals surface area contributed by atoms with Crippen LogP contribution in [0.1, 0.15) is 19.4 Å². The van der Waals surface area contributed by atoms with Gasteiger partial charge in [0.2, 0.25) is 0 Å². The van der Waals surface area contributed by atoms with E-state index in [-0.39, 0.29) is 6.10 Å². The summed E-state index contributed by atoms with van der Waals surface area (Å²) >= 11 is 0. The van der Waals surface area contributed by atoms with Gasteiger partial charge in [-0.25, -0.2) is 9.97 Å². The summed E-state index contributed by atoms with van der Waals surface area (Å²) in [6.07, 6.45) is 5.42. The first kappa shape index (κ1) is 13.5. The molecule has 0 aliphatic heterocycles. The molecule has 0 N–H and O–H groups in total. The van der Waals surface area contributed by atoms with Crippen LogP contribution in [-0.4, -0.2) is 25.6 Å². The molecule has 3 aromatic heterocycles. The third kappa shape index (κ3) is 2.46. The number of nitrogens with zero attached hydrogens (tertiary/aromatic N) is 4. The maximum absolute atomic E-state index is 5.84. The lowest BCUT2D eigenvalue weighted by atomic mass is 10.2. The highest BCUT2D eigenvalue weighted by Crippen LogP contribution is 2.30. The van der Waals surface area contributed by atoms with E-state index in [0.29, 0.717) is 0 Å². The van der Waals surface area contributed by atoms with Gasteiger partial charge in [-0.15, -0.1) is 0 Å². The Kier molecular flexibility index (Phi) is 3.33. The second kappa shape index (κ2) is 5.16. The van der Waals surface area contributed by atoms with Gasteiger partial charge < -0.3 is 9.30 Å². The molecule has 0 saturated heterocycles. The maximum atomic E-state index is 5.84. The molecule has 108 valence electrons. The summed E-state index contributed by atoms with van der Waals surface area (Å²) in [7, 11) is 1.96. The van der Waals surface area contributed by atoms with Crippen LogP contribution in [0.3, 0.4) is 0 Å². The Labute approximate surface area is 123 Å². The quantitative estimate of drug-likeness (QED) is 0.740. The van der Waals surface area contributed by atoms with Crippen LogP contribution in [0.15, 0.2) is 30.7 Å². The zero-order valence-corrected chi connectivity index (χ0v) is 12.7. The van der Waals surface area contributed by atoms with Crippen LogP contribution in [0.2, 0.25) is 0 Å². The van der Waals surface area contributed by atoms with Crippen molar-refractivity contribution in [3.8, 4) is 17.1 Å². The molecule has 0 amide bonds. The topological polar surface area (TPSA) is 52.8 Å². The average Bonchev–Trinajstić information content (AvgIpc) is 2.75. The van der Waals surface area contributed by atoms with Crippen LogP contribution >= 0.6 is 0 Å². The summed E-state index contributed by atoms with van der Waals surface area (Å²) in [6, 6.07) is 3.96. The maximum Gasteiger partial charge on any atom is 0.160 e. The molecular formula is C16H18N4O. The number of imidazole rings is 1. The molecule has 0 aromatic carbocycles. The van der Waals surface area contributed by atoms with Gasteiger partial charge in [0, 0.05) is 19.4 Å². The van der Waals surface area contributed by atoms with Crippen molar-refractivity contribution in [2.75, 3.05) is 0 Å². The second-order valence-electron chi connectivity index (χ2n) is 5.39. The molecule has 5 nitrogen and oxygen atoms in total. The minimum atomic E-state index is 0.0861. The summed E-state index contributed by atoms with van der Waals surface area (Å²) < 4.78 is 7.82. The van der Waals surface area contributed by atoms with Crippen molar-refractivity contribution in [2.24, 2.45) is 7.05 Å². The highest BCUT2D eigenvalue weighted by molar-refractivity contribution is 5.79. The van der Waals surface area contributed by atoms with E-state index in [9.17, 15) is 0 Å². The van der Waals surface area contributed by atoms with Gasteiger partial charge in [-0.1, -0.05) is 0 Å². The van der Waals surface area contributed by atoms with E-state index in [0.717, 1.165) is 33.9 Å². The number of fused-ring (bicyclic) bond motifs is 1. The number of pyridine rings is 2. The van der Waals surface area contributed by atoms with Gasteiger partial charge in [0.1, 0.15) is 17.1 Å². The lowest BCUT2D eigenvalue weighted by molar-refractivity contribution is 0.242. The molecule has 0 saturated carbocycles. The van der Waals surface area contributed by atoms with Crippen LogP contribution in [-0.2, 0) is 7.05 Å². The van der Waals surface area contributed by atoms with Crippen LogP contribution in [0.5, 0.6) is 5.75 Å². The number of aryl methyl sites for hydroxylation is 2. The van der Waals surface area contributed by atoms with E-state index in [4.69, 9.17) is 9.72 Å². The fourth-order valence-corrected chi connectivity index (χ4v) is 2.33. The van der Waals surface area contributed by atoms with E-state index in [1.807, 2.05) is 50.7 Å². The van der Waals surface area contributed by atoms with Crippen molar-refractivity contribution in [1.82, 2.24) is 19.5 Å². The molecule has 0 bridgehead atoms. The minimum Gasteiger partial charge on any atom is -0.489 e. The number of rotatable bonds is 3. The average molecular weight is 282 g/mol. The molecule has 5 heteroatoms. The highest BCUT2D eigenvalue weighted by Gasteiger charge is 2.15. The van der Waals surface area contributed by atoms with Crippen molar-refractivity contribution in [1.29, 1.82) is 0 Å². The van der Waals surface area contributed by atoms with E-state index in [1.54, 1.807) is 12.4 Å². The molecule has 3 rings (SSSR count). The van der Waals surface area contributed by atoms with Crippen molar-refractivity contribution in [2.45, 2.75) is 26.9 Å². The Morgan fingerprint density at radius 3 is 2.81 bits per heavy atom. The van der Waals surface area contributed by atoms with Crippen LogP contribution in [0.4, 0.5) is 0 Å². The summed E-state index contributed by atoms with van der Waals surface area (Å²) in [5, 5.41) is 0. The van der Waals surface area contributed by atoms with Crippen molar-refractivity contribution >= 4 is 11.2 Å². The SMILES string of the molecule is Cc1cnc2c(c1)nc(-c1ccncc1OC(C)C)n2C. The molecule has 3 heterocycles. The molecule has 21 heavy (non-hydrogen) atoms. The molecule has 0 aliphatic carbocycles. The smallest absolute Gasteiger partial charge is 0.160 e. The molecule has 0 spiro atoms. The second-order valence-corrected chi connectivity index (χ2v) is 5.39. The number of hydrogen-bond donors (Lipinski definition) is 0. The van der Waals surface area contributed by atoms with Gasteiger partial charge in [-0.3, -0.25) is 4.98 Å². The molecule has 3 aromatic rings. The Balaban J connectivity index is 2.19. The van der Waals surface area contributed by atoms with Crippen molar-refractivity contribution < 1.29 is 4.74 Å². The Hall–Kier alpha value is -2.43. The standard InChI is InChI=1S/C16H18N4O/c1-10(2)21-14-9-17-6-5-12(14)15-19-13-7-11(3)8-18-16(13)20(15)4/h5-10H,1-4H3. The summed E-state index contributed by atoms with van der Waals surface area (Å²) in [5.41, 5.74) is 3.78. The fraction of sp³-hybridized carbons (Fsp3) is 0.312. The third-order valence-electron chi connectivity index (χ3n) is 3.23. The van der Waals surface area contributed by atoms with Gasteiger partial charge >= 0.3 is 0 Å². The first-order valence-electron chi connectivity index (χ1n) is 6.96. The molecule has 0 fully saturated rings. The van der Waals surface area contributed by atoms with Crippen molar-refractivity contribution in [3.05, 3.63) is 36.3 Å². The van der Waals surface area contributed by atoms with Gasteiger partial charge in [0.05, 0.1) is 17.9 Å². The fourth-order valence-electron chi connectivity index (χ4n) is 2.33. The Morgan fingerprint density at radius 2 is 2.05 bits per heavy atom. The zero-order valence-electron chi connectivity index (χ0n) is 12.7. The van der Waals surface area contributed by atoms with Crippen LogP contribution in [0, 0.1) is 6.92 Å². The van der Waals surface area contributed by atoms with Gasteiger partial charge in [0.15, 0.2) is 5.65 Å². The number of hydrogen-bond acceptors (Lipinski definition) is 4. The third-order valence-corrected chi connectivity index (χ3v) is 3.23. The van der Waals surface area contributed by atoms with Gasteiger partial charge in [-0.2, -0.15) is 0 Å². The number of ether oxygens (including phenoxy) is 1. The summed E-state index contributed by atoms with van der Waals surface area (Å²) in [5.74, 6) is 1.57. The monoisotopic (exact) mass is 282 g/mol. The molecule has 0 unspecified atom stereocenters. The normalized spacial score (nSPS) is 11.3. The van der Waals surface area contributed by atoms with E-state index in [1.165, 1.54) is 0 Å². The van der Waals surface area contributed by atoms with Crippen LogP contribution < -0.4 is 4.74 Å². The Bertz CT molecular complexity index is 792. The summed E-state index contributed by atoms with van der Waals surface area (Å²) in [6.45, 7) is 6.01. The predicted molar refractivity (Wildman–Crippen MR) is 82.2 cm³/mol. The number of aromatic nitrogens is 4. The van der Waals surface area contributed by atoms with E-state index < -0.39 is 0 Å². The summed E-state index contributed by atoms with van der Waals surface area (Å²) in [4.78, 5) is 13.3. The van der Waals surface area contributed by atoms with Gasteiger partial charge in [-0.05, 0) is 38.5 Å². The first-order chi connectivity index (χ1) is 10.1. The zero-order chi connectivity index (χ0) is 15.0. The molecule has 0 radical (unpaired) electrons. The minimum absolute atomic E-state index is 0.0861. The predicted octanol–water partition coefficient (Wildman–Crippen LogP) is 3.13. The first-order valence-corrected chi connectivity index (χ1v) is 6.96. The Morgan fingerprint density at radius 1 is 1.24 bits per heavy atom.